The number of nitrogens with zero attached hydrogens (tertiary/aromatic N) is 4. The fraction of sp³-hybridized carbons (Fsp3) is 0.444. The Labute approximate surface area is 97.2 Å². The van der Waals surface area contributed by atoms with E-state index in [-0.39, 0.29) is 12.5 Å². The van der Waals surface area contributed by atoms with Crippen LogP contribution in [0.2, 0.25) is 0 Å². The van der Waals surface area contributed by atoms with Crippen molar-refractivity contribution in [2.45, 2.75) is 0 Å². The topological polar surface area (TPSA) is 49.3 Å². The van der Waals surface area contributed by atoms with Crippen LogP contribution >= 0.6 is 15.9 Å². The molecule has 1 aromatic rings. The molecule has 0 spiro atoms. The summed E-state index contributed by atoms with van der Waals surface area (Å²) in [4.78, 5) is 22.8. The fourth-order valence-electron chi connectivity index (χ4n) is 0.918. The summed E-state index contributed by atoms with van der Waals surface area (Å²) >= 11 is 3.25. The van der Waals surface area contributed by atoms with E-state index in [1.165, 1.54) is 4.90 Å². The lowest BCUT2D eigenvalue weighted by molar-refractivity contribution is -0.127. The highest BCUT2D eigenvalue weighted by molar-refractivity contribution is 9.10. The predicted octanol–water partition coefficient (Wildman–Crippen LogP) is 0.763. The monoisotopic (exact) mass is 272 g/mol. The first-order valence-corrected chi connectivity index (χ1v) is 5.19. The number of rotatable bonds is 3. The molecular formula is C9H13BrN4O. The van der Waals surface area contributed by atoms with E-state index in [9.17, 15) is 4.79 Å². The van der Waals surface area contributed by atoms with Crippen LogP contribution in [0.4, 0.5) is 5.95 Å². The Balaban J connectivity index is 2.65. The normalized spacial score (nSPS) is 9.87. The van der Waals surface area contributed by atoms with Crippen molar-refractivity contribution in [3.8, 4) is 0 Å². The molecule has 0 unspecified atom stereocenters. The van der Waals surface area contributed by atoms with E-state index in [4.69, 9.17) is 0 Å². The van der Waals surface area contributed by atoms with Crippen molar-refractivity contribution in [2.24, 2.45) is 0 Å². The highest BCUT2D eigenvalue weighted by Gasteiger charge is 2.10. The van der Waals surface area contributed by atoms with E-state index in [1.54, 1.807) is 38.4 Å². The van der Waals surface area contributed by atoms with Gasteiger partial charge in [-0.2, -0.15) is 0 Å². The van der Waals surface area contributed by atoms with E-state index in [0.29, 0.717) is 5.95 Å². The van der Waals surface area contributed by atoms with Gasteiger partial charge in [-0.25, -0.2) is 9.97 Å². The van der Waals surface area contributed by atoms with Crippen LogP contribution in [0.5, 0.6) is 0 Å². The first kappa shape index (κ1) is 11.9. The van der Waals surface area contributed by atoms with E-state index in [1.807, 2.05) is 0 Å². The van der Waals surface area contributed by atoms with Crippen molar-refractivity contribution in [2.75, 3.05) is 32.6 Å². The number of amides is 1. The van der Waals surface area contributed by atoms with Gasteiger partial charge in [0.05, 0.1) is 11.0 Å². The van der Waals surface area contributed by atoms with Gasteiger partial charge in [-0.3, -0.25) is 4.79 Å². The van der Waals surface area contributed by atoms with Crippen molar-refractivity contribution in [1.82, 2.24) is 14.9 Å². The smallest absolute Gasteiger partial charge is 0.241 e. The zero-order chi connectivity index (χ0) is 11.4. The van der Waals surface area contributed by atoms with E-state index >= 15 is 0 Å². The fourth-order valence-corrected chi connectivity index (χ4v) is 1.12. The first-order valence-electron chi connectivity index (χ1n) is 4.39. The third kappa shape index (κ3) is 3.47. The van der Waals surface area contributed by atoms with Crippen LogP contribution < -0.4 is 4.90 Å². The second-order valence-corrected chi connectivity index (χ2v) is 4.26. The molecule has 0 saturated heterocycles. The summed E-state index contributed by atoms with van der Waals surface area (Å²) in [5.41, 5.74) is 0. The number of hydrogen-bond acceptors (Lipinski definition) is 4. The lowest BCUT2D eigenvalue weighted by Crippen LogP contribution is -2.35. The van der Waals surface area contributed by atoms with Crippen LogP contribution in [-0.4, -0.2) is 48.5 Å². The zero-order valence-electron chi connectivity index (χ0n) is 8.94. The summed E-state index contributed by atoms with van der Waals surface area (Å²) in [6.45, 7) is 0.272. The van der Waals surface area contributed by atoms with Crippen molar-refractivity contribution >= 4 is 27.8 Å². The Morgan fingerprint density at radius 2 is 1.87 bits per heavy atom. The van der Waals surface area contributed by atoms with Gasteiger partial charge in [-0.1, -0.05) is 0 Å². The lowest BCUT2D eigenvalue weighted by Gasteiger charge is -2.18. The van der Waals surface area contributed by atoms with Gasteiger partial charge in [0.1, 0.15) is 0 Å². The van der Waals surface area contributed by atoms with Gasteiger partial charge in [0, 0.05) is 33.5 Å². The molecular weight excluding hydrogens is 260 g/mol. The molecule has 1 amide bonds. The Morgan fingerprint density at radius 3 is 2.33 bits per heavy atom. The standard InChI is InChI=1S/C9H13BrN4O/c1-13(2)8(15)6-14(3)9-11-4-7(10)5-12-9/h4-5H,6H2,1-3H3. The molecule has 0 aromatic carbocycles. The van der Waals surface area contributed by atoms with Crippen LogP contribution in [0.1, 0.15) is 0 Å². The van der Waals surface area contributed by atoms with Crippen LogP contribution in [0.25, 0.3) is 0 Å². The summed E-state index contributed by atoms with van der Waals surface area (Å²) in [6.07, 6.45) is 3.30. The minimum absolute atomic E-state index is 0.0176. The molecule has 1 rings (SSSR count). The van der Waals surface area contributed by atoms with Crippen molar-refractivity contribution in [3.05, 3.63) is 16.9 Å². The molecule has 82 valence electrons. The minimum atomic E-state index is 0.0176. The average molecular weight is 273 g/mol. The molecule has 0 fully saturated rings. The predicted molar refractivity (Wildman–Crippen MR) is 61.7 cm³/mol. The molecule has 0 bridgehead atoms. The van der Waals surface area contributed by atoms with E-state index in [0.717, 1.165) is 4.47 Å². The summed E-state index contributed by atoms with van der Waals surface area (Å²) in [5.74, 6) is 0.553. The van der Waals surface area contributed by atoms with Crippen LogP contribution in [0.3, 0.4) is 0 Å². The summed E-state index contributed by atoms with van der Waals surface area (Å²) in [6, 6.07) is 0. The number of anilines is 1. The van der Waals surface area contributed by atoms with E-state index < -0.39 is 0 Å². The number of carbonyl (C=O) groups excluding carboxylic acids is 1. The second-order valence-electron chi connectivity index (χ2n) is 3.35. The van der Waals surface area contributed by atoms with Crippen molar-refractivity contribution in [3.63, 3.8) is 0 Å². The van der Waals surface area contributed by atoms with Gasteiger partial charge in [0.2, 0.25) is 11.9 Å². The van der Waals surface area contributed by atoms with Crippen LogP contribution in [0, 0.1) is 0 Å². The number of halogens is 1. The molecule has 1 aromatic heterocycles. The highest BCUT2D eigenvalue weighted by Crippen LogP contribution is 2.09. The molecule has 0 aliphatic carbocycles. The van der Waals surface area contributed by atoms with Gasteiger partial charge in [-0.05, 0) is 15.9 Å². The third-order valence-electron chi connectivity index (χ3n) is 1.82. The number of carbonyl (C=O) groups is 1. The summed E-state index contributed by atoms with van der Waals surface area (Å²) < 4.78 is 0.818. The van der Waals surface area contributed by atoms with Crippen molar-refractivity contribution in [1.29, 1.82) is 0 Å². The first-order chi connectivity index (χ1) is 7.00. The largest absolute Gasteiger partial charge is 0.347 e. The lowest BCUT2D eigenvalue weighted by atomic mass is 10.5. The Kier molecular flexibility index (Phi) is 4.02. The molecule has 0 N–H and O–H groups in total. The van der Waals surface area contributed by atoms with Crippen molar-refractivity contribution < 1.29 is 4.79 Å². The summed E-state index contributed by atoms with van der Waals surface area (Å²) in [5, 5.41) is 0. The maximum absolute atomic E-state index is 11.4. The van der Waals surface area contributed by atoms with Crippen LogP contribution in [0.15, 0.2) is 16.9 Å². The molecule has 0 radical (unpaired) electrons. The molecule has 1 heterocycles. The molecule has 0 aliphatic heterocycles. The molecule has 0 saturated carbocycles. The average Bonchev–Trinajstić information content (AvgIpc) is 2.18. The van der Waals surface area contributed by atoms with Gasteiger partial charge < -0.3 is 9.80 Å². The second kappa shape index (κ2) is 5.06. The van der Waals surface area contributed by atoms with Gasteiger partial charge >= 0.3 is 0 Å². The number of likely N-dealkylation sites (N-methyl/N-ethyl adjacent to an activating group) is 2. The van der Waals surface area contributed by atoms with Gasteiger partial charge in [0.15, 0.2) is 0 Å². The highest BCUT2D eigenvalue weighted by atomic mass is 79.9. The zero-order valence-corrected chi connectivity index (χ0v) is 10.5. The number of hydrogen-bond donors (Lipinski definition) is 0. The van der Waals surface area contributed by atoms with E-state index in [2.05, 4.69) is 25.9 Å². The Bertz CT molecular complexity index is 338. The maximum Gasteiger partial charge on any atom is 0.241 e. The third-order valence-corrected chi connectivity index (χ3v) is 2.23. The molecule has 0 aliphatic rings. The minimum Gasteiger partial charge on any atom is -0.347 e. The quantitative estimate of drug-likeness (QED) is 0.816. The molecule has 0 atom stereocenters. The summed E-state index contributed by atoms with van der Waals surface area (Å²) in [7, 11) is 5.22. The maximum atomic E-state index is 11.4. The molecule has 15 heavy (non-hydrogen) atoms. The SMILES string of the molecule is CN(C)C(=O)CN(C)c1ncc(Br)cn1. The molecule has 5 nitrogen and oxygen atoms in total. The van der Waals surface area contributed by atoms with Gasteiger partial charge in [-0.15, -0.1) is 0 Å². The molecule has 6 heteroatoms. The number of aromatic nitrogens is 2. The Hall–Kier alpha value is -1.17. The van der Waals surface area contributed by atoms with Crippen LogP contribution in [-0.2, 0) is 4.79 Å². The Morgan fingerprint density at radius 1 is 1.33 bits per heavy atom. The van der Waals surface area contributed by atoms with Gasteiger partial charge in [0.25, 0.3) is 0 Å².